The molecule has 10 heteroatoms. The van der Waals surface area contributed by atoms with E-state index in [9.17, 15) is 18.0 Å². The number of carbonyl (C=O) groups is 2. The zero-order valence-corrected chi connectivity index (χ0v) is 26.8. The van der Waals surface area contributed by atoms with Crippen LogP contribution in [-0.4, -0.2) is 57.5 Å². The molecule has 1 aliphatic rings. The number of methoxy groups -OCH3 is 1. The third-order valence-electron chi connectivity index (χ3n) is 7.93. The molecule has 2 amide bonds. The number of aryl methyl sites for hydroxylation is 1. The molecule has 0 radical (unpaired) electrons. The summed E-state index contributed by atoms with van der Waals surface area (Å²) in [7, 11) is -2.65. The van der Waals surface area contributed by atoms with Crippen molar-refractivity contribution in [2.75, 3.05) is 24.6 Å². The molecule has 3 aromatic carbocycles. The number of sulfonamides is 1. The van der Waals surface area contributed by atoms with Crippen LogP contribution in [0.2, 0.25) is 0 Å². The van der Waals surface area contributed by atoms with E-state index in [1.807, 2.05) is 26.0 Å². The zero-order valence-electron chi connectivity index (χ0n) is 26.0. The van der Waals surface area contributed by atoms with Crippen molar-refractivity contribution < 1.29 is 27.5 Å². The fourth-order valence-corrected chi connectivity index (χ4v) is 6.84. The minimum absolute atomic E-state index is 0.0460. The summed E-state index contributed by atoms with van der Waals surface area (Å²) < 4.78 is 40.6. The molecule has 0 unspecified atom stereocenters. The van der Waals surface area contributed by atoms with Crippen LogP contribution < -0.4 is 19.1 Å². The minimum Gasteiger partial charge on any atom is -0.497 e. The molecule has 1 atom stereocenters. The van der Waals surface area contributed by atoms with Crippen molar-refractivity contribution in [2.45, 2.75) is 76.4 Å². The van der Waals surface area contributed by atoms with Crippen LogP contribution in [0.1, 0.15) is 57.1 Å². The number of hydrogen-bond acceptors (Lipinski definition) is 6. The molecule has 1 N–H and O–H groups in total. The van der Waals surface area contributed by atoms with Gasteiger partial charge < -0.3 is 19.7 Å². The first kappa shape index (κ1) is 32.9. The number of benzene rings is 3. The summed E-state index contributed by atoms with van der Waals surface area (Å²) in [6.45, 7) is 5.22. The first-order valence-electron chi connectivity index (χ1n) is 15.2. The topological polar surface area (TPSA) is 105 Å². The highest BCUT2D eigenvalue weighted by Gasteiger charge is 2.34. The van der Waals surface area contributed by atoms with Crippen molar-refractivity contribution in [3.8, 4) is 11.5 Å². The van der Waals surface area contributed by atoms with Crippen molar-refractivity contribution in [3.63, 3.8) is 0 Å². The zero-order chi connectivity index (χ0) is 31.7. The normalized spacial score (nSPS) is 14.4. The Kier molecular flexibility index (Phi) is 11.3. The monoisotopic (exact) mass is 621 g/mol. The molecule has 0 aromatic heterocycles. The highest BCUT2D eigenvalue weighted by Crippen LogP contribution is 2.33. The number of para-hydroxylation sites is 2. The van der Waals surface area contributed by atoms with Gasteiger partial charge in [-0.1, -0.05) is 61.2 Å². The molecule has 9 nitrogen and oxygen atoms in total. The van der Waals surface area contributed by atoms with Gasteiger partial charge in [0.2, 0.25) is 11.8 Å². The van der Waals surface area contributed by atoms with Gasteiger partial charge in [0.05, 0.1) is 24.3 Å². The maximum atomic E-state index is 14.3. The van der Waals surface area contributed by atoms with Gasteiger partial charge in [0.15, 0.2) is 0 Å². The van der Waals surface area contributed by atoms with E-state index in [1.165, 1.54) is 17.0 Å². The SMILES string of the molecule is CCOc1ccccc1N(CC(=O)N(Cc1cccc(OC)c1)[C@@H](C)C(=O)NC1CCCCC1)S(=O)(=O)c1ccc(C)cc1. The van der Waals surface area contributed by atoms with Crippen LogP contribution in [-0.2, 0) is 26.2 Å². The van der Waals surface area contributed by atoms with E-state index >= 15 is 0 Å². The van der Waals surface area contributed by atoms with Gasteiger partial charge >= 0.3 is 0 Å². The highest BCUT2D eigenvalue weighted by molar-refractivity contribution is 7.92. The number of amides is 2. The number of nitrogens with zero attached hydrogens (tertiary/aromatic N) is 2. The number of rotatable bonds is 13. The largest absolute Gasteiger partial charge is 0.497 e. The molecule has 1 fully saturated rings. The van der Waals surface area contributed by atoms with Crippen molar-refractivity contribution in [3.05, 3.63) is 83.9 Å². The average molecular weight is 622 g/mol. The lowest BCUT2D eigenvalue weighted by molar-refractivity contribution is -0.139. The lowest BCUT2D eigenvalue weighted by Gasteiger charge is -2.33. The van der Waals surface area contributed by atoms with Crippen LogP contribution in [0.4, 0.5) is 5.69 Å². The number of anilines is 1. The Balaban J connectivity index is 1.72. The van der Waals surface area contributed by atoms with Crippen molar-refractivity contribution in [1.82, 2.24) is 10.2 Å². The standard InChI is InChI=1S/C34H43N3O6S/c1-5-43-32-17-10-9-16-31(32)37(44(40,41)30-20-18-25(2)19-21-30)24-33(38)36(23-27-12-11-15-29(22-27)42-4)26(3)34(39)35-28-13-7-6-8-14-28/h9-12,15-22,26,28H,5-8,13-14,23-24H2,1-4H3,(H,35,39)/t26-/m0/s1. The minimum atomic E-state index is -4.21. The lowest BCUT2D eigenvalue weighted by Crippen LogP contribution is -2.53. The smallest absolute Gasteiger partial charge is 0.264 e. The summed E-state index contributed by atoms with van der Waals surface area (Å²) in [5.74, 6) is 0.154. The summed E-state index contributed by atoms with van der Waals surface area (Å²) in [6.07, 6.45) is 5.06. The third-order valence-corrected chi connectivity index (χ3v) is 9.70. The molecule has 0 bridgehead atoms. The fourth-order valence-electron chi connectivity index (χ4n) is 5.41. The first-order valence-corrected chi connectivity index (χ1v) is 16.6. The van der Waals surface area contributed by atoms with E-state index in [1.54, 1.807) is 62.6 Å². The Labute approximate surface area is 261 Å². The Hall–Kier alpha value is -4.05. The van der Waals surface area contributed by atoms with E-state index in [-0.39, 0.29) is 29.1 Å². The molecule has 1 aliphatic carbocycles. The number of ether oxygens (including phenoxy) is 2. The van der Waals surface area contributed by atoms with E-state index in [0.717, 1.165) is 47.5 Å². The van der Waals surface area contributed by atoms with E-state index in [2.05, 4.69) is 5.32 Å². The van der Waals surface area contributed by atoms with Gasteiger partial charge in [-0.3, -0.25) is 13.9 Å². The second-order valence-electron chi connectivity index (χ2n) is 11.1. The van der Waals surface area contributed by atoms with Crippen LogP contribution >= 0.6 is 0 Å². The van der Waals surface area contributed by atoms with Crippen molar-refractivity contribution in [2.24, 2.45) is 0 Å². The van der Waals surface area contributed by atoms with E-state index in [4.69, 9.17) is 9.47 Å². The molecule has 3 aromatic rings. The van der Waals surface area contributed by atoms with E-state index in [0.29, 0.717) is 18.1 Å². The van der Waals surface area contributed by atoms with Crippen LogP contribution in [0.25, 0.3) is 0 Å². The van der Waals surface area contributed by atoms with Gasteiger partial charge in [-0.2, -0.15) is 0 Å². The second kappa shape index (κ2) is 15.1. The van der Waals surface area contributed by atoms with Crippen LogP contribution in [0.3, 0.4) is 0 Å². The summed E-state index contributed by atoms with van der Waals surface area (Å²) in [6, 6.07) is 19.7. The third kappa shape index (κ3) is 8.11. The fraction of sp³-hybridized carbons (Fsp3) is 0.412. The van der Waals surface area contributed by atoms with Gasteiger partial charge in [0.25, 0.3) is 10.0 Å². The predicted octanol–water partition coefficient (Wildman–Crippen LogP) is 5.46. The maximum absolute atomic E-state index is 14.3. The van der Waals surface area contributed by atoms with Crippen LogP contribution in [0.5, 0.6) is 11.5 Å². The predicted molar refractivity (Wildman–Crippen MR) is 171 cm³/mol. The molecule has 0 spiro atoms. The second-order valence-corrected chi connectivity index (χ2v) is 13.0. The Morgan fingerprint density at radius 2 is 1.68 bits per heavy atom. The molecular weight excluding hydrogens is 578 g/mol. The Bertz CT molecular complexity index is 1520. The van der Waals surface area contributed by atoms with Gasteiger partial charge in [-0.05, 0) is 75.6 Å². The molecule has 4 rings (SSSR count). The van der Waals surface area contributed by atoms with Gasteiger partial charge in [0.1, 0.15) is 24.1 Å². The Morgan fingerprint density at radius 1 is 0.977 bits per heavy atom. The molecule has 0 saturated heterocycles. The number of carbonyl (C=O) groups excluding carboxylic acids is 2. The van der Waals surface area contributed by atoms with Gasteiger partial charge in [0, 0.05) is 12.6 Å². The molecule has 0 heterocycles. The van der Waals surface area contributed by atoms with Crippen LogP contribution in [0, 0.1) is 6.92 Å². The van der Waals surface area contributed by atoms with Crippen LogP contribution in [0.15, 0.2) is 77.7 Å². The quantitative estimate of drug-likeness (QED) is 0.272. The summed E-state index contributed by atoms with van der Waals surface area (Å²) in [4.78, 5) is 29.3. The first-order chi connectivity index (χ1) is 21.1. The van der Waals surface area contributed by atoms with Crippen molar-refractivity contribution in [1.29, 1.82) is 0 Å². The van der Waals surface area contributed by atoms with Crippen molar-refractivity contribution >= 4 is 27.5 Å². The van der Waals surface area contributed by atoms with E-state index < -0.39 is 28.5 Å². The molecule has 236 valence electrons. The van der Waals surface area contributed by atoms with Gasteiger partial charge in [-0.25, -0.2) is 8.42 Å². The number of nitrogens with one attached hydrogen (secondary N) is 1. The molecule has 0 aliphatic heterocycles. The summed E-state index contributed by atoms with van der Waals surface area (Å²) in [5.41, 5.74) is 1.89. The lowest BCUT2D eigenvalue weighted by atomic mass is 9.95. The summed E-state index contributed by atoms with van der Waals surface area (Å²) in [5, 5.41) is 3.13. The molecular formula is C34H43N3O6S. The highest BCUT2D eigenvalue weighted by atomic mass is 32.2. The number of hydrogen-bond donors (Lipinski definition) is 1. The molecule has 44 heavy (non-hydrogen) atoms. The average Bonchev–Trinajstić information content (AvgIpc) is 3.03. The molecule has 1 saturated carbocycles. The Morgan fingerprint density at radius 3 is 2.36 bits per heavy atom. The summed E-state index contributed by atoms with van der Waals surface area (Å²) >= 11 is 0. The maximum Gasteiger partial charge on any atom is 0.264 e. The van der Waals surface area contributed by atoms with Gasteiger partial charge in [-0.15, -0.1) is 0 Å².